The summed E-state index contributed by atoms with van der Waals surface area (Å²) < 4.78 is 0. The predicted molar refractivity (Wildman–Crippen MR) is 116 cm³/mol. The van der Waals surface area contributed by atoms with Gasteiger partial charge in [-0.25, -0.2) is 4.98 Å². The molecule has 3 nitrogen and oxygen atoms in total. The highest BCUT2D eigenvalue weighted by atomic mass is 32.1. The second-order valence-electron chi connectivity index (χ2n) is 6.56. The van der Waals surface area contributed by atoms with E-state index in [1.54, 1.807) is 11.3 Å². The van der Waals surface area contributed by atoms with Crippen LogP contribution in [0.15, 0.2) is 84.9 Å². The summed E-state index contributed by atoms with van der Waals surface area (Å²) >= 11 is 1.58. The van der Waals surface area contributed by atoms with E-state index in [0.29, 0.717) is 0 Å². The summed E-state index contributed by atoms with van der Waals surface area (Å²) in [6.45, 7) is 1.99. The molecule has 0 aliphatic rings. The maximum absolute atomic E-state index is 12.6. The molecule has 28 heavy (non-hydrogen) atoms. The van der Waals surface area contributed by atoms with Gasteiger partial charge in [0.2, 0.25) is 5.91 Å². The number of nitrogens with one attached hydrogen (secondary N) is 1. The Morgan fingerprint density at radius 3 is 2.14 bits per heavy atom. The third kappa shape index (κ3) is 4.02. The Morgan fingerprint density at radius 2 is 1.46 bits per heavy atom. The molecular formula is C24H20N2OS. The van der Waals surface area contributed by atoms with Crippen molar-refractivity contribution in [1.29, 1.82) is 0 Å². The first-order chi connectivity index (χ1) is 13.7. The second-order valence-corrected chi connectivity index (χ2v) is 7.64. The zero-order valence-corrected chi connectivity index (χ0v) is 16.4. The van der Waals surface area contributed by atoms with E-state index >= 15 is 0 Å². The minimum atomic E-state index is -0.0535. The van der Waals surface area contributed by atoms with Gasteiger partial charge in [-0.1, -0.05) is 78.9 Å². The SMILES string of the molecule is Cc1ccccc1NC(=O)Cc1nc(-c2ccccc2)c(-c2ccccc2)s1. The Bertz CT molecular complexity index is 1030. The lowest BCUT2D eigenvalue weighted by molar-refractivity contribution is -0.115. The highest BCUT2D eigenvalue weighted by Crippen LogP contribution is 2.37. The molecule has 0 atom stereocenters. The minimum absolute atomic E-state index is 0.0535. The topological polar surface area (TPSA) is 42.0 Å². The molecule has 138 valence electrons. The number of hydrogen-bond donors (Lipinski definition) is 1. The monoisotopic (exact) mass is 384 g/mol. The number of thiazole rings is 1. The Hall–Kier alpha value is -3.24. The summed E-state index contributed by atoms with van der Waals surface area (Å²) in [5, 5.41) is 3.80. The maximum Gasteiger partial charge on any atom is 0.231 e. The third-order valence-corrected chi connectivity index (χ3v) is 5.59. The van der Waals surface area contributed by atoms with Gasteiger partial charge < -0.3 is 5.32 Å². The van der Waals surface area contributed by atoms with Crippen LogP contribution in [0.2, 0.25) is 0 Å². The molecule has 0 bridgehead atoms. The van der Waals surface area contributed by atoms with E-state index in [9.17, 15) is 4.79 Å². The van der Waals surface area contributed by atoms with Crippen molar-refractivity contribution < 1.29 is 4.79 Å². The minimum Gasteiger partial charge on any atom is -0.325 e. The van der Waals surface area contributed by atoms with E-state index in [4.69, 9.17) is 4.98 Å². The summed E-state index contributed by atoms with van der Waals surface area (Å²) in [6, 6.07) is 28.1. The standard InChI is InChI=1S/C24H20N2OS/c1-17-10-8-9-15-20(17)25-21(27)16-22-26-23(18-11-4-2-5-12-18)24(28-22)19-13-6-3-7-14-19/h2-15H,16H2,1H3,(H,25,27). The van der Waals surface area contributed by atoms with Gasteiger partial charge in [-0.15, -0.1) is 11.3 Å². The lowest BCUT2D eigenvalue weighted by Crippen LogP contribution is -2.14. The highest BCUT2D eigenvalue weighted by Gasteiger charge is 2.17. The quantitative estimate of drug-likeness (QED) is 0.461. The van der Waals surface area contributed by atoms with Crippen LogP contribution < -0.4 is 5.32 Å². The zero-order chi connectivity index (χ0) is 19.3. The first kappa shape index (κ1) is 18.1. The molecule has 0 saturated heterocycles. The fourth-order valence-corrected chi connectivity index (χ4v) is 4.15. The van der Waals surface area contributed by atoms with Gasteiger partial charge in [0.15, 0.2) is 0 Å². The largest absolute Gasteiger partial charge is 0.325 e. The number of carbonyl (C=O) groups is 1. The van der Waals surface area contributed by atoms with Gasteiger partial charge in [-0.3, -0.25) is 4.79 Å². The van der Waals surface area contributed by atoms with Crippen molar-refractivity contribution in [3.05, 3.63) is 95.5 Å². The van der Waals surface area contributed by atoms with Crippen LogP contribution in [0, 0.1) is 6.92 Å². The van der Waals surface area contributed by atoms with Crippen molar-refractivity contribution in [2.24, 2.45) is 0 Å². The van der Waals surface area contributed by atoms with Crippen LogP contribution in [-0.4, -0.2) is 10.9 Å². The van der Waals surface area contributed by atoms with Gasteiger partial charge in [0.1, 0.15) is 5.01 Å². The molecular weight excluding hydrogens is 364 g/mol. The maximum atomic E-state index is 12.6. The van der Waals surface area contributed by atoms with E-state index in [-0.39, 0.29) is 12.3 Å². The van der Waals surface area contributed by atoms with E-state index in [1.807, 2.05) is 67.6 Å². The van der Waals surface area contributed by atoms with Gasteiger partial charge in [-0.05, 0) is 24.1 Å². The Kier molecular flexibility index (Phi) is 5.31. The molecule has 1 N–H and O–H groups in total. The van der Waals surface area contributed by atoms with Gasteiger partial charge >= 0.3 is 0 Å². The predicted octanol–water partition coefficient (Wildman–Crippen LogP) is 5.97. The first-order valence-corrected chi connectivity index (χ1v) is 9.98. The van der Waals surface area contributed by atoms with Crippen molar-refractivity contribution in [3.63, 3.8) is 0 Å². The fraction of sp³-hybridized carbons (Fsp3) is 0.0833. The molecule has 0 aliphatic heterocycles. The summed E-state index contributed by atoms with van der Waals surface area (Å²) in [4.78, 5) is 18.5. The Morgan fingerprint density at radius 1 is 0.857 bits per heavy atom. The third-order valence-electron chi connectivity index (χ3n) is 4.49. The van der Waals surface area contributed by atoms with Crippen LogP contribution in [0.1, 0.15) is 10.6 Å². The van der Waals surface area contributed by atoms with Crippen LogP contribution in [-0.2, 0) is 11.2 Å². The average molecular weight is 385 g/mol. The molecule has 4 rings (SSSR count). The molecule has 0 radical (unpaired) electrons. The molecule has 0 saturated carbocycles. The number of nitrogens with zero attached hydrogens (tertiary/aromatic N) is 1. The van der Waals surface area contributed by atoms with Gasteiger partial charge in [0, 0.05) is 11.3 Å². The Labute approximate surface area is 168 Å². The highest BCUT2D eigenvalue weighted by molar-refractivity contribution is 7.15. The average Bonchev–Trinajstić information content (AvgIpc) is 3.15. The first-order valence-electron chi connectivity index (χ1n) is 9.17. The molecule has 0 fully saturated rings. The van der Waals surface area contributed by atoms with Crippen molar-refractivity contribution >= 4 is 22.9 Å². The normalized spacial score (nSPS) is 10.6. The summed E-state index contributed by atoms with van der Waals surface area (Å²) in [6.07, 6.45) is 0.256. The van der Waals surface area contributed by atoms with Crippen molar-refractivity contribution in [1.82, 2.24) is 4.98 Å². The summed E-state index contributed by atoms with van der Waals surface area (Å²) in [5.41, 5.74) is 4.99. The van der Waals surface area contributed by atoms with Gasteiger partial charge in [0.25, 0.3) is 0 Å². The van der Waals surface area contributed by atoms with Crippen LogP contribution in [0.3, 0.4) is 0 Å². The molecule has 4 heteroatoms. The van der Waals surface area contributed by atoms with Crippen molar-refractivity contribution in [2.75, 3.05) is 5.32 Å². The van der Waals surface area contributed by atoms with Gasteiger partial charge in [0.05, 0.1) is 17.0 Å². The molecule has 1 aromatic heterocycles. The number of anilines is 1. The van der Waals surface area contributed by atoms with Crippen LogP contribution >= 0.6 is 11.3 Å². The molecule has 3 aromatic carbocycles. The molecule has 0 aliphatic carbocycles. The van der Waals surface area contributed by atoms with Gasteiger partial charge in [-0.2, -0.15) is 0 Å². The molecule has 1 heterocycles. The molecule has 0 unspecified atom stereocenters. The fourth-order valence-electron chi connectivity index (χ4n) is 3.06. The van der Waals surface area contributed by atoms with E-state index < -0.39 is 0 Å². The van der Waals surface area contributed by atoms with Crippen molar-refractivity contribution in [3.8, 4) is 21.7 Å². The smallest absolute Gasteiger partial charge is 0.231 e. The number of aromatic nitrogens is 1. The van der Waals surface area contributed by atoms with E-state index in [2.05, 4.69) is 29.6 Å². The van der Waals surface area contributed by atoms with Crippen molar-refractivity contribution in [2.45, 2.75) is 13.3 Å². The lowest BCUT2D eigenvalue weighted by atomic mass is 10.1. The van der Waals surface area contributed by atoms with Crippen LogP contribution in [0.25, 0.3) is 21.7 Å². The second kappa shape index (κ2) is 8.19. The molecule has 0 spiro atoms. The lowest BCUT2D eigenvalue weighted by Gasteiger charge is -2.06. The number of amides is 1. The molecule has 1 amide bonds. The number of rotatable bonds is 5. The number of para-hydroxylation sites is 1. The number of aryl methyl sites for hydroxylation is 1. The number of benzene rings is 3. The molecule has 4 aromatic rings. The Balaban J connectivity index is 1.64. The van der Waals surface area contributed by atoms with E-state index in [0.717, 1.165) is 38.0 Å². The van der Waals surface area contributed by atoms with Crippen LogP contribution in [0.5, 0.6) is 0 Å². The van der Waals surface area contributed by atoms with Crippen LogP contribution in [0.4, 0.5) is 5.69 Å². The number of hydrogen-bond acceptors (Lipinski definition) is 3. The summed E-state index contributed by atoms with van der Waals surface area (Å²) in [7, 11) is 0. The zero-order valence-electron chi connectivity index (χ0n) is 15.6. The number of carbonyl (C=O) groups excluding carboxylic acids is 1. The van der Waals surface area contributed by atoms with E-state index in [1.165, 1.54) is 0 Å². The summed E-state index contributed by atoms with van der Waals surface area (Å²) in [5.74, 6) is -0.0535.